The molecule has 0 saturated heterocycles. The molecule has 1 N–H and O–H groups in total. The van der Waals surface area contributed by atoms with Gasteiger partial charge in [-0.15, -0.1) is 0 Å². The summed E-state index contributed by atoms with van der Waals surface area (Å²) in [5.74, 6) is 3.83. The molecule has 4 saturated carbocycles. The molecule has 5 aliphatic rings. The lowest BCUT2D eigenvalue weighted by molar-refractivity contribution is -0.0200. The zero-order valence-electron chi connectivity index (χ0n) is 10.6. The van der Waals surface area contributed by atoms with Crippen LogP contribution in [-0.2, 0) is 0 Å². The molecule has 4 fully saturated rings. The largest absolute Gasteiger partial charge is 0.310 e. The number of nitrogens with one attached hydrogen (secondary N) is 1. The lowest BCUT2D eigenvalue weighted by Gasteiger charge is -2.57. The predicted molar refractivity (Wildman–Crippen MR) is 70.7 cm³/mol. The molecule has 0 aliphatic heterocycles. The Morgan fingerprint density at radius 3 is 1.94 bits per heavy atom. The van der Waals surface area contributed by atoms with Crippen LogP contribution >= 0.6 is 0 Å². The SMILES string of the molecule is C1=CC(CNC23CC4CC(CC(C4)C2)C3)C=C1. The third kappa shape index (κ3) is 1.79. The van der Waals surface area contributed by atoms with Gasteiger partial charge < -0.3 is 5.32 Å². The van der Waals surface area contributed by atoms with Crippen LogP contribution in [0.5, 0.6) is 0 Å². The summed E-state index contributed by atoms with van der Waals surface area (Å²) in [6.45, 7) is 1.17. The average Bonchev–Trinajstić information content (AvgIpc) is 2.77. The molecule has 1 nitrogen and oxygen atoms in total. The van der Waals surface area contributed by atoms with Crippen LogP contribution in [0.2, 0.25) is 0 Å². The third-order valence-electron chi connectivity index (χ3n) is 5.58. The van der Waals surface area contributed by atoms with Crippen LogP contribution in [0.1, 0.15) is 38.5 Å². The van der Waals surface area contributed by atoms with Crippen LogP contribution in [0.3, 0.4) is 0 Å². The van der Waals surface area contributed by atoms with Gasteiger partial charge in [-0.05, 0) is 56.3 Å². The number of hydrogen-bond donors (Lipinski definition) is 1. The van der Waals surface area contributed by atoms with E-state index in [0.29, 0.717) is 11.5 Å². The highest BCUT2D eigenvalue weighted by Crippen LogP contribution is 2.55. The standard InChI is InChI=1S/C16H23N/c1-2-4-12(3-1)11-17-16-8-13-5-14(9-16)7-15(6-13)10-16/h1-4,12-15,17H,5-11H2. The minimum atomic E-state index is 0.541. The van der Waals surface area contributed by atoms with E-state index in [1.807, 2.05) is 0 Å². The first-order chi connectivity index (χ1) is 8.31. The first-order valence-electron chi connectivity index (χ1n) is 7.41. The molecule has 0 unspecified atom stereocenters. The van der Waals surface area contributed by atoms with Gasteiger partial charge in [-0.2, -0.15) is 0 Å². The maximum Gasteiger partial charge on any atom is 0.0189 e. The molecule has 0 aromatic carbocycles. The normalized spacial score (nSPS) is 47.2. The monoisotopic (exact) mass is 229 g/mol. The van der Waals surface area contributed by atoms with E-state index in [1.165, 1.54) is 25.8 Å². The Hall–Kier alpha value is -0.560. The van der Waals surface area contributed by atoms with Gasteiger partial charge in [-0.1, -0.05) is 24.3 Å². The topological polar surface area (TPSA) is 12.0 Å². The Kier molecular flexibility index (Phi) is 2.27. The van der Waals surface area contributed by atoms with Crippen molar-refractivity contribution in [1.29, 1.82) is 0 Å². The zero-order valence-corrected chi connectivity index (χ0v) is 10.6. The summed E-state index contributed by atoms with van der Waals surface area (Å²) < 4.78 is 0. The second-order valence-electron chi connectivity index (χ2n) is 7.01. The van der Waals surface area contributed by atoms with Gasteiger partial charge in [0.15, 0.2) is 0 Å². The van der Waals surface area contributed by atoms with Crippen molar-refractivity contribution < 1.29 is 0 Å². The van der Waals surface area contributed by atoms with Crippen molar-refractivity contribution in [3.05, 3.63) is 24.3 Å². The summed E-state index contributed by atoms with van der Waals surface area (Å²) in [5.41, 5.74) is 0.541. The molecule has 4 bridgehead atoms. The average molecular weight is 229 g/mol. The van der Waals surface area contributed by atoms with Crippen molar-refractivity contribution in [1.82, 2.24) is 5.32 Å². The quantitative estimate of drug-likeness (QED) is 0.783. The van der Waals surface area contributed by atoms with Gasteiger partial charge >= 0.3 is 0 Å². The summed E-state index contributed by atoms with van der Waals surface area (Å²) in [7, 11) is 0. The minimum Gasteiger partial charge on any atom is -0.310 e. The van der Waals surface area contributed by atoms with Crippen LogP contribution < -0.4 is 5.32 Å². The number of hydrogen-bond acceptors (Lipinski definition) is 1. The van der Waals surface area contributed by atoms with E-state index in [-0.39, 0.29) is 0 Å². The Morgan fingerprint density at radius 1 is 0.882 bits per heavy atom. The molecule has 0 aromatic heterocycles. The van der Waals surface area contributed by atoms with E-state index in [1.54, 1.807) is 19.3 Å². The predicted octanol–water partition coefficient (Wildman–Crippen LogP) is 3.29. The van der Waals surface area contributed by atoms with Gasteiger partial charge in [-0.25, -0.2) is 0 Å². The first-order valence-corrected chi connectivity index (χ1v) is 7.41. The maximum absolute atomic E-state index is 3.97. The summed E-state index contributed by atoms with van der Waals surface area (Å²) in [5, 5.41) is 3.97. The summed E-state index contributed by atoms with van der Waals surface area (Å²) in [4.78, 5) is 0. The Labute approximate surface area is 104 Å². The Morgan fingerprint density at radius 2 is 1.41 bits per heavy atom. The molecule has 0 amide bonds. The van der Waals surface area contributed by atoms with Crippen molar-refractivity contribution in [2.24, 2.45) is 23.7 Å². The van der Waals surface area contributed by atoms with Gasteiger partial charge in [-0.3, -0.25) is 0 Å². The molecule has 0 aromatic rings. The van der Waals surface area contributed by atoms with Crippen LogP contribution in [0.25, 0.3) is 0 Å². The lowest BCUT2D eigenvalue weighted by Crippen LogP contribution is -2.59. The fourth-order valence-corrected chi connectivity index (χ4v) is 5.28. The van der Waals surface area contributed by atoms with Crippen LogP contribution in [0.4, 0.5) is 0 Å². The molecule has 5 rings (SSSR count). The zero-order chi connectivity index (χ0) is 11.3. The molecule has 0 heterocycles. The summed E-state index contributed by atoms with van der Waals surface area (Å²) in [6, 6.07) is 0. The summed E-state index contributed by atoms with van der Waals surface area (Å²) in [6.07, 6.45) is 18.1. The van der Waals surface area contributed by atoms with Crippen LogP contribution in [-0.4, -0.2) is 12.1 Å². The summed E-state index contributed by atoms with van der Waals surface area (Å²) >= 11 is 0. The van der Waals surface area contributed by atoms with Gasteiger partial charge in [0.2, 0.25) is 0 Å². The fourth-order valence-electron chi connectivity index (χ4n) is 5.28. The minimum absolute atomic E-state index is 0.541. The highest BCUT2D eigenvalue weighted by molar-refractivity contribution is 5.18. The molecule has 0 atom stereocenters. The molecular formula is C16H23N. The van der Waals surface area contributed by atoms with E-state index in [0.717, 1.165) is 17.8 Å². The molecule has 17 heavy (non-hydrogen) atoms. The lowest BCUT2D eigenvalue weighted by atomic mass is 9.53. The molecular weight excluding hydrogens is 206 g/mol. The van der Waals surface area contributed by atoms with Crippen molar-refractivity contribution >= 4 is 0 Å². The highest BCUT2D eigenvalue weighted by Gasteiger charge is 2.50. The Bertz CT molecular complexity index is 318. The smallest absolute Gasteiger partial charge is 0.0189 e. The van der Waals surface area contributed by atoms with Crippen molar-refractivity contribution in [3.8, 4) is 0 Å². The number of allylic oxidation sites excluding steroid dienone is 2. The second-order valence-corrected chi connectivity index (χ2v) is 7.01. The van der Waals surface area contributed by atoms with Gasteiger partial charge in [0, 0.05) is 18.0 Å². The van der Waals surface area contributed by atoms with Gasteiger partial charge in [0.05, 0.1) is 0 Å². The first kappa shape index (κ1) is 10.4. The van der Waals surface area contributed by atoms with E-state index < -0.39 is 0 Å². The van der Waals surface area contributed by atoms with Crippen molar-refractivity contribution in [2.45, 2.75) is 44.1 Å². The Balaban J connectivity index is 1.45. The molecule has 0 radical (unpaired) electrons. The third-order valence-corrected chi connectivity index (χ3v) is 5.58. The van der Waals surface area contributed by atoms with E-state index in [9.17, 15) is 0 Å². The fraction of sp³-hybridized carbons (Fsp3) is 0.750. The van der Waals surface area contributed by atoms with Crippen LogP contribution in [0.15, 0.2) is 24.3 Å². The van der Waals surface area contributed by atoms with Gasteiger partial charge in [0.1, 0.15) is 0 Å². The van der Waals surface area contributed by atoms with Crippen LogP contribution in [0, 0.1) is 23.7 Å². The van der Waals surface area contributed by atoms with Crippen molar-refractivity contribution in [3.63, 3.8) is 0 Å². The second kappa shape index (κ2) is 3.71. The highest BCUT2D eigenvalue weighted by atomic mass is 15.0. The van der Waals surface area contributed by atoms with E-state index >= 15 is 0 Å². The van der Waals surface area contributed by atoms with Crippen molar-refractivity contribution in [2.75, 3.05) is 6.54 Å². The molecule has 5 aliphatic carbocycles. The maximum atomic E-state index is 3.97. The van der Waals surface area contributed by atoms with E-state index in [2.05, 4.69) is 29.6 Å². The van der Waals surface area contributed by atoms with E-state index in [4.69, 9.17) is 0 Å². The molecule has 1 heteroatoms. The number of rotatable bonds is 3. The molecule has 0 spiro atoms. The molecule has 92 valence electrons. The van der Waals surface area contributed by atoms with Gasteiger partial charge in [0.25, 0.3) is 0 Å².